The molecule has 1 aliphatic carbocycles. The van der Waals surface area contributed by atoms with E-state index in [-0.39, 0.29) is 33.9 Å². The Hall–Kier alpha value is -3.78. The van der Waals surface area contributed by atoms with Crippen molar-refractivity contribution in [1.82, 2.24) is 0 Å². The predicted molar refractivity (Wildman–Crippen MR) is 130 cm³/mol. The SMILES string of the molecule is CC1(c2ccc(F)c(NC(=O)c3ccc4c(c3)C(=O)c3ccccc3C4=O)c2)CCSC(N)=N1. The van der Waals surface area contributed by atoms with Crippen LogP contribution >= 0.6 is 11.8 Å². The number of nitrogens with one attached hydrogen (secondary N) is 1. The number of hydrogen-bond donors (Lipinski definition) is 2. The van der Waals surface area contributed by atoms with Gasteiger partial charge in [0.2, 0.25) is 0 Å². The summed E-state index contributed by atoms with van der Waals surface area (Å²) < 4.78 is 14.6. The highest BCUT2D eigenvalue weighted by Gasteiger charge is 2.31. The number of carbonyl (C=O) groups excluding carboxylic acids is 3. The first-order valence-corrected chi connectivity index (χ1v) is 11.7. The lowest BCUT2D eigenvalue weighted by molar-refractivity contribution is 0.0978. The molecule has 0 spiro atoms. The second-order valence-corrected chi connectivity index (χ2v) is 9.55. The van der Waals surface area contributed by atoms with E-state index in [2.05, 4.69) is 10.3 Å². The molecular weight excluding hydrogens is 453 g/mol. The normalized spacial score (nSPS) is 19.2. The maximum Gasteiger partial charge on any atom is 0.255 e. The second kappa shape index (κ2) is 8.22. The first-order valence-electron chi connectivity index (χ1n) is 10.7. The largest absolute Gasteiger partial charge is 0.379 e. The average molecular weight is 474 g/mol. The molecule has 0 bridgehead atoms. The number of nitrogens with zero attached hydrogens (tertiary/aromatic N) is 1. The molecule has 1 atom stereocenters. The van der Waals surface area contributed by atoms with Crippen molar-refractivity contribution in [3.8, 4) is 0 Å². The van der Waals surface area contributed by atoms with Gasteiger partial charge in [-0.05, 0) is 49.2 Å². The summed E-state index contributed by atoms with van der Waals surface area (Å²) in [6, 6.07) is 15.4. The minimum atomic E-state index is -0.617. The summed E-state index contributed by atoms with van der Waals surface area (Å²) in [5, 5.41) is 3.06. The number of halogens is 1. The lowest BCUT2D eigenvalue weighted by Gasteiger charge is -2.30. The Balaban J connectivity index is 1.45. The van der Waals surface area contributed by atoms with E-state index >= 15 is 0 Å². The molecule has 8 heteroatoms. The number of benzene rings is 3. The molecule has 6 nitrogen and oxygen atoms in total. The lowest BCUT2D eigenvalue weighted by atomic mass is 9.83. The van der Waals surface area contributed by atoms with Crippen LogP contribution in [0.1, 0.15) is 61.1 Å². The molecule has 0 radical (unpaired) electrons. The van der Waals surface area contributed by atoms with Gasteiger partial charge in [0, 0.05) is 33.6 Å². The smallest absolute Gasteiger partial charge is 0.255 e. The van der Waals surface area contributed by atoms with Crippen molar-refractivity contribution in [2.24, 2.45) is 10.7 Å². The molecule has 1 heterocycles. The van der Waals surface area contributed by atoms with Crippen LogP contribution in [0.3, 0.4) is 0 Å². The van der Waals surface area contributed by atoms with Crippen molar-refractivity contribution in [1.29, 1.82) is 0 Å². The van der Waals surface area contributed by atoms with Gasteiger partial charge in [-0.25, -0.2) is 4.39 Å². The van der Waals surface area contributed by atoms with Crippen molar-refractivity contribution in [3.63, 3.8) is 0 Å². The van der Waals surface area contributed by atoms with Gasteiger partial charge in [0.15, 0.2) is 16.7 Å². The van der Waals surface area contributed by atoms with Gasteiger partial charge in [0.05, 0.1) is 11.2 Å². The van der Waals surface area contributed by atoms with Crippen molar-refractivity contribution in [2.75, 3.05) is 11.1 Å². The lowest BCUT2D eigenvalue weighted by Crippen LogP contribution is -2.29. The number of amides is 1. The van der Waals surface area contributed by atoms with Crippen molar-refractivity contribution >= 4 is 40.1 Å². The predicted octanol–water partition coefficient (Wildman–Crippen LogP) is 4.52. The molecular formula is C26H20FN3O3S. The van der Waals surface area contributed by atoms with Crippen LogP contribution in [-0.2, 0) is 5.54 Å². The van der Waals surface area contributed by atoms with Gasteiger partial charge in [0.1, 0.15) is 5.82 Å². The number of rotatable bonds is 3. The summed E-state index contributed by atoms with van der Waals surface area (Å²) >= 11 is 1.47. The fourth-order valence-corrected chi connectivity index (χ4v) is 5.26. The van der Waals surface area contributed by atoms with Crippen molar-refractivity contribution in [2.45, 2.75) is 18.9 Å². The average Bonchev–Trinajstić information content (AvgIpc) is 2.83. The Labute approximate surface area is 199 Å². The molecule has 3 aromatic rings. The monoisotopic (exact) mass is 473 g/mol. The molecule has 2 aliphatic rings. The Bertz CT molecular complexity index is 1420. The zero-order valence-corrected chi connectivity index (χ0v) is 19.0. The van der Waals surface area contributed by atoms with Crippen LogP contribution in [0.4, 0.5) is 10.1 Å². The molecule has 1 aliphatic heterocycles. The van der Waals surface area contributed by atoms with E-state index in [0.29, 0.717) is 16.3 Å². The Morgan fingerprint density at radius 3 is 2.38 bits per heavy atom. The maximum atomic E-state index is 14.6. The highest BCUT2D eigenvalue weighted by molar-refractivity contribution is 8.13. The van der Waals surface area contributed by atoms with Crippen LogP contribution in [0.15, 0.2) is 65.7 Å². The van der Waals surface area contributed by atoms with Gasteiger partial charge in [-0.15, -0.1) is 0 Å². The van der Waals surface area contributed by atoms with Gasteiger partial charge in [0.25, 0.3) is 5.91 Å². The summed E-state index contributed by atoms with van der Waals surface area (Å²) in [5.74, 6) is -0.997. The third-order valence-corrected chi connectivity index (χ3v) is 7.01. The maximum absolute atomic E-state index is 14.6. The summed E-state index contributed by atoms with van der Waals surface area (Å²) in [5.41, 5.74) is 7.20. The fraction of sp³-hybridized carbons (Fsp3) is 0.154. The van der Waals surface area contributed by atoms with Gasteiger partial charge in [-0.1, -0.05) is 42.1 Å². The number of aliphatic imine (C=N–C) groups is 1. The molecule has 170 valence electrons. The van der Waals surface area contributed by atoms with Gasteiger partial charge < -0.3 is 11.1 Å². The van der Waals surface area contributed by atoms with Crippen molar-refractivity contribution < 1.29 is 18.8 Å². The van der Waals surface area contributed by atoms with E-state index in [0.717, 1.165) is 17.7 Å². The fourth-order valence-electron chi connectivity index (χ4n) is 4.29. The van der Waals surface area contributed by atoms with Gasteiger partial charge in [-0.2, -0.15) is 0 Å². The van der Waals surface area contributed by atoms with E-state index in [1.807, 2.05) is 6.92 Å². The number of amidine groups is 1. The first-order chi connectivity index (χ1) is 16.3. The van der Waals surface area contributed by atoms with Crippen LogP contribution < -0.4 is 11.1 Å². The quantitative estimate of drug-likeness (QED) is 0.456. The van der Waals surface area contributed by atoms with Crippen molar-refractivity contribution in [3.05, 3.63) is 99.9 Å². The molecule has 0 saturated carbocycles. The third kappa shape index (κ3) is 3.70. The topological polar surface area (TPSA) is 102 Å². The minimum Gasteiger partial charge on any atom is -0.379 e. The first kappa shape index (κ1) is 22.0. The zero-order chi connectivity index (χ0) is 24.0. The molecule has 3 aromatic carbocycles. The van der Waals surface area contributed by atoms with E-state index in [4.69, 9.17) is 5.73 Å². The number of hydrogen-bond acceptors (Lipinski definition) is 6. The number of nitrogens with two attached hydrogens (primary N) is 1. The minimum absolute atomic E-state index is 0.00110. The summed E-state index contributed by atoms with van der Waals surface area (Å²) in [7, 11) is 0. The molecule has 0 fully saturated rings. The Morgan fingerprint density at radius 2 is 1.68 bits per heavy atom. The van der Waals surface area contributed by atoms with E-state index in [1.165, 1.54) is 36.0 Å². The summed E-state index contributed by atoms with van der Waals surface area (Å²) in [6.45, 7) is 1.92. The van der Waals surface area contributed by atoms with Crippen LogP contribution in [0, 0.1) is 5.82 Å². The number of carbonyl (C=O) groups is 3. The zero-order valence-electron chi connectivity index (χ0n) is 18.2. The van der Waals surface area contributed by atoms with Crippen LogP contribution in [-0.4, -0.2) is 28.4 Å². The van der Waals surface area contributed by atoms with Crippen LogP contribution in [0.2, 0.25) is 0 Å². The summed E-state index contributed by atoms with van der Waals surface area (Å²) in [6.07, 6.45) is 0.722. The van der Waals surface area contributed by atoms with Gasteiger partial charge in [-0.3, -0.25) is 19.4 Å². The Morgan fingerprint density at radius 1 is 1.00 bits per heavy atom. The highest BCUT2D eigenvalue weighted by Crippen LogP contribution is 2.36. The van der Waals surface area contributed by atoms with Crippen LogP contribution in [0.5, 0.6) is 0 Å². The van der Waals surface area contributed by atoms with E-state index in [9.17, 15) is 18.8 Å². The Kier molecular flexibility index (Phi) is 5.32. The molecule has 1 amide bonds. The number of fused-ring (bicyclic) bond motifs is 2. The molecule has 1 unspecified atom stereocenters. The molecule has 34 heavy (non-hydrogen) atoms. The van der Waals surface area contributed by atoms with E-state index in [1.54, 1.807) is 36.4 Å². The summed E-state index contributed by atoms with van der Waals surface area (Å²) in [4.78, 5) is 43.3. The van der Waals surface area contributed by atoms with Gasteiger partial charge >= 0.3 is 0 Å². The third-order valence-electron chi connectivity index (χ3n) is 6.22. The number of thioether (sulfide) groups is 1. The second-order valence-electron chi connectivity index (χ2n) is 8.44. The molecule has 0 saturated heterocycles. The van der Waals surface area contributed by atoms with E-state index < -0.39 is 17.3 Å². The number of anilines is 1. The molecule has 3 N–H and O–H groups in total. The number of ketones is 2. The molecule has 0 aromatic heterocycles. The highest BCUT2D eigenvalue weighted by atomic mass is 32.2. The van der Waals surface area contributed by atoms with Crippen LogP contribution in [0.25, 0.3) is 0 Å². The standard InChI is InChI=1S/C26H20FN3O3S/c1-26(10-11-34-25(28)30-26)15-7-9-20(27)21(13-15)29-24(33)14-6-8-18-19(12-14)23(32)17-5-3-2-4-16(17)22(18)31/h2-9,12-13H,10-11H2,1H3,(H2,28,30)(H,29,33). The molecule has 5 rings (SSSR count).